The van der Waals surface area contributed by atoms with Crippen LogP contribution in [0.15, 0.2) is 16.5 Å². The van der Waals surface area contributed by atoms with Crippen LogP contribution in [0.5, 0.6) is 0 Å². The fourth-order valence-corrected chi connectivity index (χ4v) is 1.63. The zero-order valence-corrected chi connectivity index (χ0v) is 8.03. The number of furan rings is 1. The van der Waals surface area contributed by atoms with Crippen LogP contribution in [0.3, 0.4) is 0 Å². The Kier molecular flexibility index (Phi) is 2.96. The maximum absolute atomic E-state index is 10.4. The van der Waals surface area contributed by atoms with E-state index in [9.17, 15) is 4.79 Å². The second-order valence-electron chi connectivity index (χ2n) is 3.45. The van der Waals surface area contributed by atoms with Crippen LogP contribution in [-0.2, 0) is 6.54 Å². The molecular weight excluding hydrogens is 180 g/mol. The predicted molar refractivity (Wildman–Crippen MR) is 52.2 cm³/mol. The third kappa shape index (κ3) is 2.21. The third-order valence-corrected chi connectivity index (χ3v) is 2.39. The molecule has 0 bridgehead atoms. The van der Waals surface area contributed by atoms with Gasteiger partial charge in [0.05, 0.1) is 6.54 Å². The SMILES string of the molecule is O=Cc1ccc(CN2CCNCC2)o1. The first-order chi connectivity index (χ1) is 6.88. The molecule has 0 unspecified atom stereocenters. The fraction of sp³-hybridized carbons (Fsp3) is 0.500. The van der Waals surface area contributed by atoms with Crippen molar-refractivity contribution in [2.45, 2.75) is 6.54 Å². The van der Waals surface area contributed by atoms with E-state index in [1.165, 1.54) is 0 Å². The summed E-state index contributed by atoms with van der Waals surface area (Å²) in [4.78, 5) is 12.7. The number of hydrogen-bond acceptors (Lipinski definition) is 4. The standard InChI is InChI=1S/C10H14N2O2/c13-8-10-2-1-9(14-10)7-12-5-3-11-4-6-12/h1-2,8,11H,3-7H2. The quantitative estimate of drug-likeness (QED) is 0.712. The Morgan fingerprint density at radius 1 is 1.43 bits per heavy atom. The van der Waals surface area contributed by atoms with Gasteiger partial charge in [-0.25, -0.2) is 0 Å². The van der Waals surface area contributed by atoms with E-state index in [0.29, 0.717) is 5.76 Å². The third-order valence-electron chi connectivity index (χ3n) is 2.39. The smallest absolute Gasteiger partial charge is 0.185 e. The number of aldehydes is 1. The van der Waals surface area contributed by atoms with Crippen LogP contribution in [0.4, 0.5) is 0 Å². The maximum Gasteiger partial charge on any atom is 0.185 e. The lowest BCUT2D eigenvalue weighted by Gasteiger charge is -2.26. The molecule has 1 aromatic heterocycles. The number of nitrogens with one attached hydrogen (secondary N) is 1. The Labute approximate surface area is 82.9 Å². The van der Waals surface area contributed by atoms with E-state index >= 15 is 0 Å². The van der Waals surface area contributed by atoms with Crippen LogP contribution in [0, 0.1) is 0 Å². The Morgan fingerprint density at radius 3 is 2.86 bits per heavy atom. The molecule has 0 amide bonds. The van der Waals surface area contributed by atoms with E-state index in [2.05, 4.69) is 10.2 Å². The first-order valence-corrected chi connectivity index (χ1v) is 4.85. The lowest BCUT2D eigenvalue weighted by atomic mass is 10.3. The van der Waals surface area contributed by atoms with Crippen molar-refractivity contribution in [2.75, 3.05) is 26.2 Å². The van der Waals surface area contributed by atoms with Crippen molar-refractivity contribution in [3.05, 3.63) is 23.7 Å². The van der Waals surface area contributed by atoms with Gasteiger partial charge in [-0.1, -0.05) is 0 Å². The van der Waals surface area contributed by atoms with Gasteiger partial charge in [-0.05, 0) is 12.1 Å². The second-order valence-corrected chi connectivity index (χ2v) is 3.45. The highest BCUT2D eigenvalue weighted by atomic mass is 16.3. The average Bonchev–Trinajstić information content (AvgIpc) is 2.67. The number of piperazine rings is 1. The molecule has 2 rings (SSSR count). The summed E-state index contributed by atoms with van der Waals surface area (Å²) in [6, 6.07) is 3.58. The molecule has 0 aliphatic carbocycles. The highest BCUT2D eigenvalue weighted by molar-refractivity contribution is 5.70. The molecule has 14 heavy (non-hydrogen) atoms. The summed E-state index contributed by atoms with van der Waals surface area (Å²) < 4.78 is 5.31. The molecule has 1 aliphatic rings. The second kappa shape index (κ2) is 4.39. The summed E-state index contributed by atoms with van der Waals surface area (Å²) in [5, 5.41) is 3.29. The molecule has 4 nitrogen and oxygen atoms in total. The lowest BCUT2D eigenvalue weighted by Crippen LogP contribution is -2.42. The van der Waals surface area contributed by atoms with Gasteiger partial charge in [0, 0.05) is 26.2 Å². The van der Waals surface area contributed by atoms with Crippen molar-refractivity contribution >= 4 is 6.29 Å². The molecule has 0 spiro atoms. The van der Waals surface area contributed by atoms with Gasteiger partial charge in [0.1, 0.15) is 5.76 Å². The van der Waals surface area contributed by atoms with Gasteiger partial charge in [-0.3, -0.25) is 9.69 Å². The summed E-state index contributed by atoms with van der Waals surface area (Å²) in [7, 11) is 0. The minimum Gasteiger partial charge on any atom is -0.457 e. The van der Waals surface area contributed by atoms with Crippen molar-refractivity contribution in [2.24, 2.45) is 0 Å². The molecule has 1 N–H and O–H groups in total. The van der Waals surface area contributed by atoms with Crippen LogP contribution in [0.2, 0.25) is 0 Å². The highest BCUT2D eigenvalue weighted by Gasteiger charge is 2.11. The van der Waals surface area contributed by atoms with E-state index in [-0.39, 0.29) is 0 Å². The van der Waals surface area contributed by atoms with Crippen molar-refractivity contribution in [1.82, 2.24) is 10.2 Å². The Hall–Kier alpha value is -1.13. The number of hydrogen-bond donors (Lipinski definition) is 1. The topological polar surface area (TPSA) is 45.5 Å². The molecule has 2 heterocycles. The Balaban J connectivity index is 1.92. The van der Waals surface area contributed by atoms with Gasteiger partial charge in [-0.15, -0.1) is 0 Å². The van der Waals surface area contributed by atoms with Crippen molar-refractivity contribution < 1.29 is 9.21 Å². The summed E-state index contributed by atoms with van der Waals surface area (Å²) in [6.45, 7) is 4.94. The van der Waals surface area contributed by atoms with Crippen LogP contribution >= 0.6 is 0 Å². The van der Waals surface area contributed by atoms with Gasteiger partial charge >= 0.3 is 0 Å². The molecule has 0 atom stereocenters. The molecule has 1 saturated heterocycles. The van der Waals surface area contributed by atoms with E-state index in [1.54, 1.807) is 6.07 Å². The first-order valence-electron chi connectivity index (χ1n) is 4.85. The number of rotatable bonds is 3. The fourth-order valence-electron chi connectivity index (χ4n) is 1.63. The number of nitrogens with zero attached hydrogens (tertiary/aromatic N) is 1. The highest BCUT2D eigenvalue weighted by Crippen LogP contribution is 2.09. The van der Waals surface area contributed by atoms with Crippen LogP contribution in [0.25, 0.3) is 0 Å². The normalized spacial score (nSPS) is 18.3. The lowest BCUT2D eigenvalue weighted by molar-refractivity contribution is 0.109. The van der Waals surface area contributed by atoms with Gasteiger partial charge in [0.25, 0.3) is 0 Å². The molecule has 1 fully saturated rings. The van der Waals surface area contributed by atoms with Gasteiger partial charge in [0.2, 0.25) is 0 Å². The van der Waals surface area contributed by atoms with E-state index in [4.69, 9.17) is 4.42 Å². The Bertz CT molecular complexity index is 303. The van der Waals surface area contributed by atoms with Crippen LogP contribution < -0.4 is 5.32 Å². The number of carbonyl (C=O) groups excluding carboxylic acids is 1. The summed E-state index contributed by atoms with van der Waals surface area (Å²) in [6.07, 6.45) is 0.737. The van der Waals surface area contributed by atoms with Gasteiger partial charge in [-0.2, -0.15) is 0 Å². The van der Waals surface area contributed by atoms with Crippen LogP contribution in [0.1, 0.15) is 16.3 Å². The average molecular weight is 194 g/mol. The predicted octanol–water partition coefficient (Wildman–Crippen LogP) is 0.497. The van der Waals surface area contributed by atoms with E-state index < -0.39 is 0 Å². The summed E-state index contributed by atoms with van der Waals surface area (Å²) in [5.74, 6) is 1.28. The minimum atomic E-state index is 0.412. The van der Waals surface area contributed by atoms with Crippen molar-refractivity contribution in [3.63, 3.8) is 0 Å². The zero-order chi connectivity index (χ0) is 9.80. The maximum atomic E-state index is 10.4. The van der Waals surface area contributed by atoms with E-state index in [1.807, 2.05) is 6.07 Å². The molecule has 4 heteroatoms. The summed E-state index contributed by atoms with van der Waals surface area (Å²) >= 11 is 0. The zero-order valence-electron chi connectivity index (χ0n) is 8.03. The molecule has 0 saturated carbocycles. The minimum absolute atomic E-state index is 0.412. The summed E-state index contributed by atoms with van der Waals surface area (Å²) in [5.41, 5.74) is 0. The monoisotopic (exact) mass is 194 g/mol. The van der Waals surface area contributed by atoms with Gasteiger partial charge in [0.15, 0.2) is 12.0 Å². The molecule has 1 aromatic rings. The molecular formula is C10H14N2O2. The molecule has 1 aliphatic heterocycles. The van der Waals surface area contributed by atoms with Crippen molar-refractivity contribution in [1.29, 1.82) is 0 Å². The first kappa shape index (κ1) is 9.43. The number of carbonyl (C=O) groups is 1. The Morgan fingerprint density at radius 2 is 2.21 bits per heavy atom. The van der Waals surface area contributed by atoms with Crippen LogP contribution in [-0.4, -0.2) is 37.4 Å². The molecule has 0 radical (unpaired) electrons. The van der Waals surface area contributed by atoms with E-state index in [0.717, 1.165) is 44.8 Å². The molecule has 76 valence electrons. The largest absolute Gasteiger partial charge is 0.457 e. The van der Waals surface area contributed by atoms with Gasteiger partial charge < -0.3 is 9.73 Å². The van der Waals surface area contributed by atoms with Crippen molar-refractivity contribution in [3.8, 4) is 0 Å². The molecule has 0 aromatic carbocycles.